The first-order chi connectivity index (χ1) is 9.76. The van der Waals surface area contributed by atoms with Gasteiger partial charge in [-0.1, -0.05) is 41.0 Å². The minimum atomic E-state index is -0.807. The van der Waals surface area contributed by atoms with Crippen molar-refractivity contribution in [1.29, 1.82) is 0 Å². The van der Waals surface area contributed by atoms with Crippen molar-refractivity contribution in [2.24, 2.45) is 29.6 Å². The van der Waals surface area contributed by atoms with E-state index < -0.39 is 11.9 Å². The molecule has 0 radical (unpaired) electrons. The molecule has 0 heterocycles. The number of hydrogen-bond donors (Lipinski definition) is 1. The van der Waals surface area contributed by atoms with Gasteiger partial charge in [0.05, 0.1) is 11.8 Å². The maximum Gasteiger partial charge on any atom is 0.307 e. The van der Waals surface area contributed by atoms with Gasteiger partial charge in [0.2, 0.25) is 5.91 Å². The molecule has 0 saturated heterocycles. The first kappa shape index (κ1) is 18.0. The summed E-state index contributed by atoms with van der Waals surface area (Å²) in [5.41, 5.74) is 0. The van der Waals surface area contributed by atoms with Crippen molar-refractivity contribution in [2.75, 3.05) is 13.1 Å². The van der Waals surface area contributed by atoms with Crippen LogP contribution >= 0.6 is 0 Å². The van der Waals surface area contributed by atoms with E-state index >= 15 is 0 Å². The highest BCUT2D eigenvalue weighted by Gasteiger charge is 2.43. The molecular weight excluding hydrogens is 266 g/mol. The lowest BCUT2D eigenvalue weighted by molar-refractivity contribution is -0.149. The van der Waals surface area contributed by atoms with Crippen LogP contribution in [0, 0.1) is 29.6 Å². The van der Waals surface area contributed by atoms with E-state index in [1.807, 2.05) is 4.90 Å². The number of carboxylic acid groups (broad SMARTS) is 1. The van der Waals surface area contributed by atoms with E-state index in [0.717, 1.165) is 25.9 Å². The van der Waals surface area contributed by atoms with Gasteiger partial charge in [-0.3, -0.25) is 9.59 Å². The van der Waals surface area contributed by atoms with Crippen LogP contribution in [0.1, 0.15) is 53.9 Å². The standard InChI is InChI=1S/C17H31NO3/c1-6-13-7-14(15(8-13)17(20)21)16(19)18(9-11(2)3)10-12(4)5/h11-15H,6-10H2,1-5H3,(H,20,21). The average molecular weight is 297 g/mol. The molecule has 21 heavy (non-hydrogen) atoms. The Morgan fingerprint density at radius 2 is 1.52 bits per heavy atom. The molecule has 1 amide bonds. The van der Waals surface area contributed by atoms with Crippen molar-refractivity contribution in [3.63, 3.8) is 0 Å². The summed E-state index contributed by atoms with van der Waals surface area (Å²) < 4.78 is 0. The molecule has 1 aliphatic carbocycles. The molecule has 1 saturated carbocycles. The van der Waals surface area contributed by atoms with Gasteiger partial charge in [0.25, 0.3) is 0 Å². The Hall–Kier alpha value is -1.06. The van der Waals surface area contributed by atoms with Crippen LogP contribution in [0.5, 0.6) is 0 Å². The molecule has 0 aromatic heterocycles. The number of nitrogens with zero attached hydrogens (tertiary/aromatic N) is 1. The van der Waals surface area contributed by atoms with Gasteiger partial charge < -0.3 is 10.0 Å². The van der Waals surface area contributed by atoms with E-state index in [1.165, 1.54) is 0 Å². The average Bonchev–Trinajstić information content (AvgIpc) is 2.80. The molecule has 3 unspecified atom stereocenters. The van der Waals surface area contributed by atoms with Gasteiger partial charge >= 0.3 is 5.97 Å². The molecule has 1 rings (SSSR count). The third-order valence-electron chi connectivity index (χ3n) is 4.35. The topological polar surface area (TPSA) is 57.6 Å². The third kappa shape index (κ3) is 5.01. The normalized spacial score (nSPS) is 25.6. The minimum absolute atomic E-state index is 0.0563. The molecule has 4 heteroatoms. The van der Waals surface area contributed by atoms with E-state index in [1.54, 1.807) is 0 Å². The molecular formula is C17H31NO3. The van der Waals surface area contributed by atoms with Gasteiger partial charge in [-0.15, -0.1) is 0 Å². The second-order valence-electron chi connectivity index (χ2n) is 7.33. The molecule has 1 N–H and O–H groups in total. The van der Waals surface area contributed by atoms with Gasteiger partial charge in [0.15, 0.2) is 0 Å². The van der Waals surface area contributed by atoms with Gasteiger partial charge in [0, 0.05) is 13.1 Å². The summed E-state index contributed by atoms with van der Waals surface area (Å²) in [5, 5.41) is 9.42. The fourth-order valence-corrected chi connectivity index (χ4v) is 3.39. The molecule has 122 valence electrons. The van der Waals surface area contributed by atoms with E-state index in [9.17, 15) is 14.7 Å². The van der Waals surface area contributed by atoms with E-state index in [2.05, 4.69) is 34.6 Å². The number of carbonyl (C=O) groups excluding carboxylic acids is 1. The largest absolute Gasteiger partial charge is 0.481 e. The highest BCUT2D eigenvalue weighted by molar-refractivity contribution is 5.85. The van der Waals surface area contributed by atoms with Crippen LogP contribution < -0.4 is 0 Å². The van der Waals surface area contributed by atoms with Crippen LogP contribution in [0.25, 0.3) is 0 Å². The fraction of sp³-hybridized carbons (Fsp3) is 0.882. The maximum atomic E-state index is 12.9. The molecule has 3 atom stereocenters. The zero-order chi connectivity index (χ0) is 16.2. The van der Waals surface area contributed by atoms with Crippen LogP contribution in [-0.2, 0) is 9.59 Å². The lowest BCUT2D eigenvalue weighted by atomic mass is 9.94. The summed E-state index contributed by atoms with van der Waals surface area (Å²) in [7, 11) is 0. The summed E-state index contributed by atoms with van der Waals surface area (Å²) in [4.78, 5) is 26.2. The minimum Gasteiger partial charge on any atom is -0.481 e. The number of carbonyl (C=O) groups is 2. The predicted octanol–water partition coefficient (Wildman–Crippen LogP) is 3.26. The van der Waals surface area contributed by atoms with Crippen molar-refractivity contribution in [2.45, 2.75) is 53.9 Å². The second kappa shape index (κ2) is 7.81. The van der Waals surface area contributed by atoms with E-state index in [4.69, 9.17) is 0 Å². The fourth-order valence-electron chi connectivity index (χ4n) is 3.39. The Morgan fingerprint density at radius 1 is 1.05 bits per heavy atom. The maximum absolute atomic E-state index is 12.9. The SMILES string of the molecule is CCC1CC(C(=O)O)C(C(=O)N(CC(C)C)CC(C)C)C1. The quantitative estimate of drug-likeness (QED) is 0.784. The Balaban J connectivity index is 2.86. The van der Waals surface area contributed by atoms with E-state index in [0.29, 0.717) is 24.2 Å². The third-order valence-corrected chi connectivity index (χ3v) is 4.35. The highest BCUT2D eigenvalue weighted by atomic mass is 16.4. The molecule has 0 bridgehead atoms. The number of carboxylic acids is 1. The first-order valence-corrected chi connectivity index (χ1v) is 8.27. The molecule has 1 fully saturated rings. The van der Waals surface area contributed by atoms with Crippen molar-refractivity contribution >= 4 is 11.9 Å². The van der Waals surface area contributed by atoms with Crippen molar-refractivity contribution in [1.82, 2.24) is 4.90 Å². The molecule has 0 aliphatic heterocycles. The lowest BCUT2D eigenvalue weighted by Gasteiger charge is -2.30. The van der Waals surface area contributed by atoms with Crippen LogP contribution in [0.15, 0.2) is 0 Å². The number of rotatable bonds is 7. The zero-order valence-corrected chi connectivity index (χ0v) is 14.1. The zero-order valence-electron chi connectivity index (χ0n) is 14.1. The highest BCUT2D eigenvalue weighted by Crippen LogP contribution is 2.39. The van der Waals surface area contributed by atoms with Crippen molar-refractivity contribution in [3.05, 3.63) is 0 Å². The van der Waals surface area contributed by atoms with Crippen molar-refractivity contribution in [3.8, 4) is 0 Å². The number of amides is 1. The summed E-state index contributed by atoms with van der Waals surface area (Å²) in [6.07, 6.45) is 2.35. The van der Waals surface area contributed by atoms with Crippen LogP contribution in [-0.4, -0.2) is 35.0 Å². The number of aliphatic carboxylic acids is 1. The Morgan fingerprint density at radius 3 is 1.90 bits per heavy atom. The Kier molecular flexibility index (Phi) is 6.69. The summed E-state index contributed by atoms with van der Waals surface area (Å²) >= 11 is 0. The molecule has 1 aliphatic rings. The Labute approximate surface area is 128 Å². The molecule has 0 aromatic rings. The summed E-state index contributed by atoms with van der Waals surface area (Å²) in [6.45, 7) is 11.9. The Bertz CT molecular complexity index is 355. The number of hydrogen-bond acceptors (Lipinski definition) is 2. The first-order valence-electron chi connectivity index (χ1n) is 8.27. The second-order valence-corrected chi connectivity index (χ2v) is 7.33. The van der Waals surface area contributed by atoms with Crippen LogP contribution in [0.3, 0.4) is 0 Å². The van der Waals surface area contributed by atoms with Gasteiger partial charge in [-0.2, -0.15) is 0 Å². The summed E-state index contributed by atoms with van der Waals surface area (Å²) in [5.74, 6) is -0.396. The monoisotopic (exact) mass is 297 g/mol. The van der Waals surface area contributed by atoms with Gasteiger partial charge in [-0.05, 0) is 30.6 Å². The smallest absolute Gasteiger partial charge is 0.307 e. The summed E-state index contributed by atoms with van der Waals surface area (Å²) in [6, 6.07) is 0. The molecule has 4 nitrogen and oxygen atoms in total. The predicted molar refractivity (Wildman–Crippen MR) is 83.9 cm³/mol. The lowest BCUT2D eigenvalue weighted by Crippen LogP contribution is -2.42. The molecule has 0 spiro atoms. The van der Waals surface area contributed by atoms with Crippen LogP contribution in [0.4, 0.5) is 0 Å². The van der Waals surface area contributed by atoms with Crippen molar-refractivity contribution < 1.29 is 14.7 Å². The van der Waals surface area contributed by atoms with Crippen LogP contribution in [0.2, 0.25) is 0 Å². The molecule has 0 aromatic carbocycles. The van der Waals surface area contributed by atoms with Gasteiger partial charge in [-0.25, -0.2) is 0 Å². The van der Waals surface area contributed by atoms with Gasteiger partial charge in [0.1, 0.15) is 0 Å². The van der Waals surface area contributed by atoms with E-state index in [-0.39, 0.29) is 11.8 Å².